The summed E-state index contributed by atoms with van der Waals surface area (Å²) in [6.45, 7) is 0. The van der Waals surface area contributed by atoms with Crippen LogP contribution in [0, 0.1) is 0 Å². The minimum atomic E-state index is -1.48. The Bertz CT molecular complexity index is 1650. The molecule has 4 aromatic rings. The molecular formula is C30H26O11. The molecule has 0 amide bonds. The number of ether oxygens (including phenoxy) is 2. The molecule has 9 N–H and O–H groups in total. The first-order valence-corrected chi connectivity index (χ1v) is 12.7. The molecule has 0 fully saturated rings. The maximum Gasteiger partial charge on any atom is 0.157 e. The van der Waals surface area contributed by atoms with E-state index >= 15 is 0 Å². The zero-order valence-corrected chi connectivity index (χ0v) is 21.2. The topological polar surface area (TPSA) is 201 Å². The second-order valence-electron chi connectivity index (χ2n) is 10.2. The van der Waals surface area contributed by atoms with Crippen molar-refractivity contribution in [2.45, 2.75) is 36.8 Å². The molecule has 0 aliphatic carbocycles. The molecule has 0 spiro atoms. The zero-order valence-electron chi connectivity index (χ0n) is 21.2. The maximum atomic E-state index is 11.7. The standard InChI is InChI=1S/C30H26O11/c31-14-4-1-12(2-5-14)29-27(39)26(24-20(36)8-15(32)9-23(24)40-29)25-21(37)11-18(34)16-10-22(38)28(41-30(16)25)13-3-6-17(33)19(35)7-13/h1-9,11,22,26-29,31-39H,10H2/t22-,26-,27-,28-,29-/m0/s1. The van der Waals surface area contributed by atoms with Gasteiger partial charge >= 0.3 is 0 Å². The quantitative estimate of drug-likeness (QED) is 0.166. The van der Waals surface area contributed by atoms with Gasteiger partial charge in [-0.05, 0) is 35.4 Å². The van der Waals surface area contributed by atoms with E-state index < -0.39 is 47.6 Å². The number of rotatable bonds is 3. The highest BCUT2D eigenvalue weighted by atomic mass is 16.5. The molecular weight excluding hydrogens is 536 g/mol. The Balaban J connectivity index is 1.55. The Kier molecular flexibility index (Phi) is 6.13. The van der Waals surface area contributed by atoms with E-state index in [1.807, 2.05) is 0 Å². The fourth-order valence-corrected chi connectivity index (χ4v) is 5.66. The van der Waals surface area contributed by atoms with Crippen LogP contribution in [0.15, 0.2) is 60.7 Å². The average Bonchev–Trinajstić information content (AvgIpc) is 2.92. The number of benzene rings is 4. The number of hydrogen-bond donors (Lipinski definition) is 9. The third-order valence-electron chi connectivity index (χ3n) is 7.57. The largest absolute Gasteiger partial charge is 0.508 e. The highest BCUT2D eigenvalue weighted by molar-refractivity contribution is 5.65. The Hall–Kier alpha value is -5.00. The van der Waals surface area contributed by atoms with Crippen LogP contribution in [0.25, 0.3) is 0 Å². The normalized spacial score (nSPS) is 23.1. The van der Waals surface area contributed by atoms with Crippen molar-refractivity contribution in [2.75, 3.05) is 0 Å². The fraction of sp³-hybridized carbons (Fsp3) is 0.200. The van der Waals surface area contributed by atoms with E-state index in [1.165, 1.54) is 48.5 Å². The predicted molar refractivity (Wildman–Crippen MR) is 142 cm³/mol. The summed E-state index contributed by atoms with van der Waals surface area (Å²) in [5, 5.41) is 95.2. The fourth-order valence-electron chi connectivity index (χ4n) is 5.66. The van der Waals surface area contributed by atoms with Crippen LogP contribution in [0.1, 0.15) is 45.9 Å². The lowest BCUT2D eigenvalue weighted by atomic mass is 9.77. The smallest absolute Gasteiger partial charge is 0.157 e. The van der Waals surface area contributed by atoms with Crippen molar-refractivity contribution in [1.29, 1.82) is 0 Å². The first-order chi connectivity index (χ1) is 19.5. The van der Waals surface area contributed by atoms with Gasteiger partial charge in [0.2, 0.25) is 0 Å². The monoisotopic (exact) mass is 562 g/mol. The van der Waals surface area contributed by atoms with Gasteiger partial charge in [-0.3, -0.25) is 0 Å². The molecule has 0 aromatic heterocycles. The van der Waals surface area contributed by atoms with E-state index in [1.54, 1.807) is 0 Å². The molecule has 5 atom stereocenters. The third kappa shape index (κ3) is 4.31. The van der Waals surface area contributed by atoms with Crippen LogP contribution in [0.3, 0.4) is 0 Å². The van der Waals surface area contributed by atoms with Crippen LogP contribution in [0.5, 0.6) is 51.7 Å². The van der Waals surface area contributed by atoms with Gasteiger partial charge < -0.3 is 55.4 Å². The highest BCUT2D eigenvalue weighted by Crippen LogP contribution is 2.57. The van der Waals surface area contributed by atoms with Gasteiger partial charge in [0.1, 0.15) is 52.5 Å². The van der Waals surface area contributed by atoms with E-state index in [0.29, 0.717) is 5.56 Å². The molecule has 0 saturated carbocycles. The van der Waals surface area contributed by atoms with Crippen LogP contribution in [0.2, 0.25) is 0 Å². The minimum Gasteiger partial charge on any atom is -0.508 e. The van der Waals surface area contributed by atoms with Gasteiger partial charge in [0.25, 0.3) is 0 Å². The van der Waals surface area contributed by atoms with Crippen molar-refractivity contribution in [2.24, 2.45) is 0 Å². The minimum absolute atomic E-state index is 0.00736. The summed E-state index contributed by atoms with van der Waals surface area (Å²) in [6.07, 6.45) is -5.05. The molecule has 11 heteroatoms. The van der Waals surface area contributed by atoms with Crippen LogP contribution in [0.4, 0.5) is 0 Å². The Morgan fingerprint density at radius 2 is 1.24 bits per heavy atom. The van der Waals surface area contributed by atoms with Crippen molar-refractivity contribution in [3.05, 3.63) is 88.5 Å². The number of aromatic hydroxyl groups is 7. The van der Waals surface area contributed by atoms with Crippen molar-refractivity contribution >= 4 is 0 Å². The van der Waals surface area contributed by atoms with Gasteiger partial charge in [0, 0.05) is 41.3 Å². The molecule has 0 unspecified atom stereocenters. The van der Waals surface area contributed by atoms with E-state index in [4.69, 9.17) is 9.47 Å². The highest BCUT2D eigenvalue weighted by Gasteiger charge is 2.46. The molecule has 212 valence electrons. The molecule has 0 bridgehead atoms. The summed E-state index contributed by atoms with van der Waals surface area (Å²) in [6, 6.07) is 13.1. The van der Waals surface area contributed by atoms with E-state index in [2.05, 4.69) is 0 Å². The maximum absolute atomic E-state index is 11.7. The second-order valence-corrected chi connectivity index (χ2v) is 10.2. The lowest BCUT2D eigenvalue weighted by molar-refractivity contribution is 0.00122. The summed E-state index contributed by atoms with van der Waals surface area (Å²) in [5.74, 6) is -3.76. The summed E-state index contributed by atoms with van der Waals surface area (Å²) in [4.78, 5) is 0. The number of fused-ring (bicyclic) bond motifs is 2. The van der Waals surface area contributed by atoms with Gasteiger partial charge in [0.05, 0.1) is 12.0 Å². The van der Waals surface area contributed by atoms with Gasteiger partial charge in [0.15, 0.2) is 17.6 Å². The number of hydrogen-bond acceptors (Lipinski definition) is 11. The molecule has 2 aliphatic rings. The summed E-state index contributed by atoms with van der Waals surface area (Å²) in [5.41, 5.74) is 0.857. The van der Waals surface area contributed by atoms with Gasteiger partial charge in [-0.25, -0.2) is 0 Å². The molecule has 41 heavy (non-hydrogen) atoms. The SMILES string of the molecule is Oc1ccc([C@@H]2Oc3cc(O)cc(O)c3[C@@H](c3c(O)cc(O)c4c3O[C@@H](c3ccc(O)c(O)c3)[C@@H](O)C4)[C@@H]2O)cc1. The number of phenols is 7. The van der Waals surface area contributed by atoms with Crippen molar-refractivity contribution in [3.63, 3.8) is 0 Å². The van der Waals surface area contributed by atoms with E-state index in [-0.39, 0.29) is 63.2 Å². The Morgan fingerprint density at radius 1 is 0.561 bits per heavy atom. The van der Waals surface area contributed by atoms with Crippen molar-refractivity contribution in [1.82, 2.24) is 0 Å². The lowest BCUT2D eigenvalue weighted by Crippen LogP contribution is -2.36. The van der Waals surface area contributed by atoms with Crippen LogP contribution in [-0.4, -0.2) is 58.2 Å². The van der Waals surface area contributed by atoms with Gasteiger partial charge in [-0.15, -0.1) is 0 Å². The van der Waals surface area contributed by atoms with Gasteiger partial charge in [-0.1, -0.05) is 18.2 Å². The first kappa shape index (κ1) is 26.2. The number of aliphatic hydroxyl groups excluding tert-OH is 2. The van der Waals surface area contributed by atoms with E-state index in [0.717, 1.165) is 12.1 Å². The molecule has 11 nitrogen and oxygen atoms in total. The lowest BCUT2D eigenvalue weighted by Gasteiger charge is -2.40. The zero-order chi connectivity index (χ0) is 29.2. The van der Waals surface area contributed by atoms with Crippen LogP contribution >= 0.6 is 0 Å². The van der Waals surface area contributed by atoms with Crippen molar-refractivity contribution < 1.29 is 55.4 Å². The van der Waals surface area contributed by atoms with E-state index in [9.17, 15) is 46.0 Å². The summed E-state index contributed by atoms with van der Waals surface area (Å²) < 4.78 is 12.2. The molecule has 6 rings (SSSR count). The first-order valence-electron chi connectivity index (χ1n) is 12.7. The van der Waals surface area contributed by atoms with Crippen LogP contribution < -0.4 is 9.47 Å². The predicted octanol–water partition coefficient (Wildman–Crippen LogP) is 3.29. The Morgan fingerprint density at radius 3 is 1.95 bits per heavy atom. The van der Waals surface area contributed by atoms with Gasteiger partial charge in [-0.2, -0.15) is 0 Å². The van der Waals surface area contributed by atoms with Crippen LogP contribution in [-0.2, 0) is 6.42 Å². The average molecular weight is 563 g/mol. The molecule has 2 aliphatic heterocycles. The molecule has 0 radical (unpaired) electrons. The summed E-state index contributed by atoms with van der Waals surface area (Å²) in [7, 11) is 0. The number of phenolic OH excluding ortho intramolecular Hbond substituents is 7. The second kappa shape index (κ2) is 9.58. The Labute approximate surface area is 232 Å². The van der Waals surface area contributed by atoms with Crippen molar-refractivity contribution in [3.8, 4) is 51.7 Å². The number of aliphatic hydroxyl groups is 2. The third-order valence-corrected chi connectivity index (χ3v) is 7.57. The molecule has 4 aromatic carbocycles. The molecule has 0 saturated heterocycles. The summed E-state index contributed by atoms with van der Waals surface area (Å²) >= 11 is 0. The molecule has 2 heterocycles.